The van der Waals surface area contributed by atoms with Gasteiger partial charge in [0.15, 0.2) is 9.84 Å². The van der Waals surface area contributed by atoms with Crippen LogP contribution >= 0.6 is 0 Å². The predicted molar refractivity (Wildman–Crippen MR) is 65.9 cm³/mol. The van der Waals surface area contributed by atoms with Gasteiger partial charge in [-0.1, -0.05) is 0 Å². The Labute approximate surface area is 101 Å². The smallest absolute Gasteiger partial charge is 0.175 e. The van der Waals surface area contributed by atoms with Crippen LogP contribution in [-0.2, 0) is 9.84 Å². The van der Waals surface area contributed by atoms with Gasteiger partial charge in [0.05, 0.1) is 18.1 Å². The van der Waals surface area contributed by atoms with Crippen LogP contribution in [0.5, 0.6) is 0 Å². The lowest BCUT2D eigenvalue weighted by atomic mass is 10.3. The van der Waals surface area contributed by atoms with Crippen LogP contribution in [0.25, 0.3) is 0 Å². The van der Waals surface area contributed by atoms with E-state index < -0.39 is 9.84 Å². The molecular formula is C11H17NO4S. The Morgan fingerprint density at radius 3 is 1.88 bits per heavy atom. The molecule has 1 aromatic rings. The molecule has 0 fully saturated rings. The number of hydrogen-bond acceptors (Lipinski definition) is 5. The van der Waals surface area contributed by atoms with Crippen molar-refractivity contribution in [3.63, 3.8) is 0 Å². The minimum Gasteiger partial charge on any atom is -0.395 e. The van der Waals surface area contributed by atoms with Crippen molar-refractivity contribution in [2.75, 3.05) is 37.5 Å². The molecule has 1 rings (SSSR count). The highest BCUT2D eigenvalue weighted by molar-refractivity contribution is 7.90. The van der Waals surface area contributed by atoms with E-state index in [9.17, 15) is 8.42 Å². The molecule has 0 aliphatic carbocycles. The van der Waals surface area contributed by atoms with Crippen LogP contribution in [0.3, 0.4) is 0 Å². The number of aliphatic hydroxyl groups excluding tert-OH is 2. The predicted octanol–water partition coefficient (Wildman–Crippen LogP) is -0.119. The summed E-state index contributed by atoms with van der Waals surface area (Å²) in [6, 6.07) is 6.38. The summed E-state index contributed by atoms with van der Waals surface area (Å²) in [5, 5.41) is 17.8. The molecule has 0 amide bonds. The first-order valence-corrected chi connectivity index (χ1v) is 7.15. The lowest BCUT2D eigenvalue weighted by Crippen LogP contribution is -2.29. The van der Waals surface area contributed by atoms with Crippen molar-refractivity contribution in [3.05, 3.63) is 24.3 Å². The van der Waals surface area contributed by atoms with Gasteiger partial charge in [-0.3, -0.25) is 0 Å². The van der Waals surface area contributed by atoms with Crippen LogP contribution in [-0.4, -0.2) is 51.2 Å². The normalized spacial score (nSPS) is 11.5. The van der Waals surface area contributed by atoms with Gasteiger partial charge in [0.2, 0.25) is 0 Å². The van der Waals surface area contributed by atoms with Crippen LogP contribution in [0.2, 0.25) is 0 Å². The monoisotopic (exact) mass is 259 g/mol. The van der Waals surface area contributed by atoms with Crippen molar-refractivity contribution in [3.8, 4) is 0 Å². The highest BCUT2D eigenvalue weighted by Crippen LogP contribution is 2.17. The summed E-state index contributed by atoms with van der Waals surface area (Å²) in [4.78, 5) is 2.04. The fourth-order valence-electron chi connectivity index (χ4n) is 1.52. The maximum atomic E-state index is 11.3. The van der Waals surface area contributed by atoms with Gasteiger partial charge in [-0.15, -0.1) is 0 Å². The summed E-state index contributed by atoms with van der Waals surface area (Å²) in [6.45, 7) is 0.763. The number of rotatable bonds is 6. The topological polar surface area (TPSA) is 77.8 Å². The molecule has 0 bridgehead atoms. The summed E-state index contributed by atoms with van der Waals surface area (Å²) in [5.41, 5.74) is 0.778. The molecule has 0 saturated heterocycles. The van der Waals surface area contributed by atoms with E-state index in [2.05, 4.69) is 0 Å². The van der Waals surface area contributed by atoms with Crippen molar-refractivity contribution in [1.82, 2.24) is 0 Å². The molecule has 2 N–H and O–H groups in total. The van der Waals surface area contributed by atoms with Crippen molar-refractivity contribution in [2.45, 2.75) is 4.90 Å². The van der Waals surface area contributed by atoms with Gasteiger partial charge in [0.25, 0.3) is 0 Å². The number of sulfone groups is 1. The van der Waals surface area contributed by atoms with Gasteiger partial charge in [-0.2, -0.15) is 0 Å². The molecule has 0 heterocycles. The number of nitrogens with zero attached hydrogens (tertiary/aromatic N) is 1. The molecule has 0 atom stereocenters. The first kappa shape index (κ1) is 14.0. The molecule has 0 aliphatic rings. The first-order chi connectivity index (χ1) is 7.99. The van der Waals surface area contributed by atoms with Crippen LogP contribution in [0.1, 0.15) is 0 Å². The summed E-state index contributed by atoms with van der Waals surface area (Å²) in [5.74, 6) is 0. The third-order valence-corrected chi connectivity index (χ3v) is 3.50. The number of benzene rings is 1. The summed E-state index contributed by atoms with van der Waals surface area (Å²) in [7, 11) is -3.19. The number of aliphatic hydroxyl groups is 2. The first-order valence-electron chi connectivity index (χ1n) is 5.26. The Morgan fingerprint density at radius 1 is 1.06 bits per heavy atom. The maximum Gasteiger partial charge on any atom is 0.175 e. The van der Waals surface area contributed by atoms with E-state index >= 15 is 0 Å². The van der Waals surface area contributed by atoms with E-state index in [0.717, 1.165) is 11.9 Å². The third kappa shape index (κ3) is 3.99. The highest BCUT2D eigenvalue weighted by Gasteiger charge is 2.09. The number of hydrogen-bond donors (Lipinski definition) is 2. The van der Waals surface area contributed by atoms with E-state index in [1.54, 1.807) is 17.0 Å². The quantitative estimate of drug-likeness (QED) is 0.745. The molecule has 1 aromatic carbocycles. The summed E-state index contributed by atoms with van der Waals surface area (Å²) >= 11 is 0. The van der Waals surface area contributed by atoms with Crippen LogP contribution in [0.4, 0.5) is 5.69 Å². The fraction of sp³-hybridized carbons (Fsp3) is 0.455. The van der Waals surface area contributed by atoms with Gasteiger partial charge in [-0.25, -0.2) is 8.42 Å². The van der Waals surface area contributed by atoms with E-state index in [4.69, 9.17) is 10.2 Å². The second-order valence-corrected chi connectivity index (χ2v) is 5.72. The van der Waals surface area contributed by atoms with Gasteiger partial charge in [0.1, 0.15) is 0 Å². The summed E-state index contributed by atoms with van der Waals surface area (Å²) < 4.78 is 22.5. The Hall–Kier alpha value is -1.11. The molecule has 0 spiro atoms. The van der Waals surface area contributed by atoms with Gasteiger partial charge in [0, 0.05) is 25.0 Å². The Bertz CT molecular complexity index is 435. The average Bonchev–Trinajstić information content (AvgIpc) is 2.28. The molecule has 6 heteroatoms. The van der Waals surface area contributed by atoms with Crippen LogP contribution in [0, 0.1) is 0 Å². The van der Waals surface area contributed by atoms with E-state index in [1.807, 2.05) is 0 Å². The van der Waals surface area contributed by atoms with Gasteiger partial charge >= 0.3 is 0 Å². The molecular weight excluding hydrogens is 242 g/mol. The van der Waals surface area contributed by atoms with Crippen LogP contribution in [0.15, 0.2) is 29.2 Å². The average molecular weight is 259 g/mol. The lowest BCUT2D eigenvalue weighted by Gasteiger charge is -2.22. The molecule has 0 aliphatic heterocycles. The van der Waals surface area contributed by atoms with Crippen molar-refractivity contribution < 1.29 is 18.6 Å². The van der Waals surface area contributed by atoms with E-state index in [-0.39, 0.29) is 18.1 Å². The largest absolute Gasteiger partial charge is 0.395 e. The standard InChI is InChI=1S/C11H17NO4S/c1-17(15,16)11-4-2-10(3-5-11)12(6-8-13)7-9-14/h2-5,13-14H,6-9H2,1H3. The highest BCUT2D eigenvalue weighted by atomic mass is 32.2. The fourth-order valence-corrected chi connectivity index (χ4v) is 2.15. The maximum absolute atomic E-state index is 11.3. The molecule has 5 nitrogen and oxygen atoms in total. The zero-order valence-corrected chi connectivity index (χ0v) is 10.5. The molecule has 0 radical (unpaired) electrons. The Morgan fingerprint density at radius 2 is 1.53 bits per heavy atom. The lowest BCUT2D eigenvalue weighted by molar-refractivity contribution is 0.281. The van der Waals surface area contributed by atoms with Crippen molar-refractivity contribution in [2.24, 2.45) is 0 Å². The Kier molecular flexibility index (Phi) is 4.92. The Balaban J connectivity index is 2.91. The SMILES string of the molecule is CS(=O)(=O)c1ccc(N(CCO)CCO)cc1. The van der Waals surface area contributed by atoms with E-state index in [1.165, 1.54) is 12.1 Å². The van der Waals surface area contributed by atoms with Crippen LogP contribution < -0.4 is 4.90 Å². The zero-order chi connectivity index (χ0) is 12.9. The van der Waals surface area contributed by atoms with E-state index in [0.29, 0.717) is 13.1 Å². The zero-order valence-electron chi connectivity index (χ0n) is 9.70. The third-order valence-electron chi connectivity index (χ3n) is 2.37. The molecule has 96 valence electrons. The number of anilines is 1. The molecule has 0 aromatic heterocycles. The molecule has 0 unspecified atom stereocenters. The second kappa shape index (κ2) is 6.00. The van der Waals surface area contributed by atoms with Crippen molar-refractivity contribution in [1.29, 1.82) is 0 Å². The minimum atomic E-state index is -3.19. The summed E-state index contributed by atoms with van der Waals surface area (Å²) in [6.07, 6.45) is 1.15. The second-order valence-electron chi connectivity index (χ2n) is 3.70. The molecule has 0 saturated carbocycles. The van der Waals surface area contributed by atoms with Gasteiger partial charge in [-0.05, 0) is 24.3 Å². The van der Waals surface area contributed by atoms with Crippen molar-refractivity contribution >= 4 is 15.5 Å². The van der Waals surface area contributed by atoms with Gasteiger partial charge < -0.3 is 15.1 Å². The minimum absolute atomic E-state index is 0.0200. The molecule has 17 heavy (non-hydrogen) atoms.